The third-order valence-electron chi connectivity index (χ3n) is 7.13. The van der Waals surface area contributed by atoms with Crippen LogP contribution in [0, 0.1) is 12.8 Å². The number of amides is 1. The Bertz CT molecular complexity index is 1060. The zero-order chi connectivity index (χ0) is 28.7. The maximum absolute atomic E-state index is 13.0. The number of nitrogens with one attached hydrogen (secondary N) is 1. The molecule has 0 saturated heterocycles. The molecule has 1 amide bonds. The second-order valence-electron chi connectivity index (χ2n) is 12.8. The van der Waals surface area contributed by atoms with Gasteiger partial charge in [0.1, 0.15) is 5.60 Å². The van der Waals surface area contributed by atoms with Crippen LogP contribution in [-0.4, -0.2) is 43.2 Å². The molecule has 0 fully saturated rings. The highest BCUT2D eigenvalue weighted by Gasteiger charge is 2.42. The standard InChI is InChI=1S/C31H47NO5Si/c1-22-14-13-17-24(18-22)19-25(28(33)34)21-27(37-38(8,9)31(5,6)7)26(20-23-15-11-10-12-16-23)32-29(35)36-30(2,3)4/h10-18,25-27H,19-21H2,1-9H3,(H,32,35)(H,33,34). The van der Waals surface area contributed by atoms with Gasteiger partial charge in [-0.25, -0.2) is 4.79 Å². The minimum absolute atomic E-state index is 0.0935. The van der Waals surface area contributed by atoms with Gasteiger partial charge >= 0.3 is 12.1 Å². The van der Waals surface area contributed by atoms with Crippen molar-refractivity contribution in [2.75, 3.05) is 0 Å². The molecule has 0 heterocycles. The van der Waals surface area contributed by atoms with E-state index in [4.69, 9.17) is 9.16 Å². The summed E-state index contributed by atoms with van der Waals surface area (Å²) in [4.78, 5) is 25.5. The van der Waals surface area contributed by atoms with Gasteiger partial charge in [0.05, 0.1) is 18.1 Å². The van der Waals surface area contributed by atoms with Gasteiger partial charge in [0.15, 0.2) is 8.32 Å². The van der Waals surface area contributed by atoms with E-state index in [0.717, 1.165) is 16.7 Å². The van der Waals surface area contributed by atoms with E-state index in [9.17, 15) is 14.7 Å². The van der Waals surface area contributed by atoms with Crippen LogP contribution >= 0.6 is 0 Å². The minimum Gasteiger partial charge on any atom is -0.481 e. The smallest absolute Gasteiger partial charge is 0.407 e. The number of carbonyl (C=O) groups excluding carboxylic acids is 1. The summed E-state index contributed by atoms with van der Waals surface area (Å²) in [6, 6.07) is 17.4. The molecule has 2 N–H and O–H groups in total. The Kier molecular flexibility index (Phi) is 10.8. The number of rotatable bonds is 11. The molecule has 2 aromatic rings. The van der Waals surface area contributed by atoms with Crippen LogP contribution in [0.4, 0.5) is 4.79 Å². The summed E-state index contributed by atoms with van der Waals surface area (Å²) >= 11 is 0. The number of carboxylic acids is 1. The van der Waals surface area contributed by atoms with Crippen molar-refractivity contribution < 1.29 is 23.9 Å². The zero-order valence-corrected chi connectivity index (χ0v) is 25.6. The van der Waals surface area contributed by atoms with E-state index in [-0.39, 0.29) is 11.5 Å². The van der Waals surface area contributed by atoms with E-state index >= 15 is 0 Å². The predicted molar refractivity (Wildman–Crippen MR) is 156 cm³/mol. The molecule has 2 aromatic carbocycles. The molecule has 0 saturated carbocycles. The monoisotopic (exact) mass is 541 g/mol. The van der Waals surface area contributed by atoms with Gasteiger partial charge in [0.2, 0.25) is 0 Å². The van der Waals surface area contributed by atoms with Crippen LogP contribution in [0.3, 0.4) is 0 Å². The number of carboxylic acid groups (broad SMARTS) is 1. The molecule has 0 radical (unpaired) electrons. The zero-order valence-electron chi connectivity index (χ0n) is 24.6. The Balaban J connectivity index is 2.48. The lowest BCUT2D eigenvalue weighted by molar-refractivity contribution is -0.142. The molecule has 0 spiro atoms. The molecule has 0 aliphatic carbocycles. The van der Waals surface area contributed by atoms with Crippen LogP contribution in [0.2, 0.25) is 18.1 Å². The first-order chi connectivity index (χ1) is 17.5. The second-order valence-corrected chi connectivity index (χ2v) is 17.6. The first kappa shape index (κ1) is 31.6. The van der Waals surface area contributed by atoms with Gasteiger partial charge in [-0.1, -0.05) is 80.9 Å². The van der Waals surface area contributed by atoms with Crippen molar-refractivity contribution in [3.63, 3.8) is 0 Å². The highest BCUT2D eigenvalue weighted by atomic mass is 28.4. The molecule has 0 aliphatic heterocycles. The summed E-state index contributed by atoms with van der Waals surface area (Å²) in [5.41, 5.74) is 2.44. The number of aryl methyl sites for hydroxylation is 1. The highest BCUT2D eigenvalue weighted by molar-refractivity contribution is 6.74. The lowest BCUT2D eigenvalue weighted by Crippen LogP contribution is -2.54. The van der Waals surface area contributed by atoms with Crippen LogP contribution in [0.25, 0.3) is 0 Å². The molecule has 3 atom stereocenters. The lowest BCUT2D eigenvalue weighted by atomic mass is 9.89. The molecule has 0 aromatic heterocycles. The molecular formula is C31H47NO5Si. The average Bonchev–Trinajstić information content (AvgIpc) is 2.76. The molecule has 0 bridgehead atoms. The molecular weight excluding hydrogens is 494 g/mol. The second kappa shape index (κ2) is 12.9. The summed E-state index contributed by atoms with van der Waals surface area (Å²) < 4.78 is 12.5. The normalized spacial score (nSPS) is 14.9. The first-order valence-corrected chi connectivity index (χ1v) is 16.4. The van der Waals surface area contributed by atoms with Gasteiger partial charge < -0.3 is 19.6 Å². The Morgan fingerprint density at radius 3 is 2.05 bits per heavy atom. The fourth-order valence-electron chi connectivity index (χ4n) is 4.13. The number of aliphatic carboxylic acids is 1. The van der Waals surface area contributed by atoms with Crippen LogP contribution < -0.4 is 5.32 Å². The Morgan fingerprint density at radius 1 is 0.921 bits per heavy atom. The van der Waals surface area contributed by atoms with Crippen molar-refractivity contribution in [3.8, 4) is 0 Å². The number of benzene rings is 2. The third-order valence-corrected chi connectivity index (χ3v) is 11.6. The molecule has 7 heteroatoms. The number of ether oxygens (including phenoxy) is 1. The lowest BCUT2D eigenvalue weighted by Gasteiger charge is -2.42. The molecule has 3 unspecified atom stereocenters. The number of hydrogen-bond donors (Lipinski definition) is 2. The van der Waals surface area contributed by atoms with Gasteiger partial charge in [-0.15, -0.1) is 0 Å². The van der Waals surface area contributed by atoms with Crippen molar-refractivity contribution in [3.05, 3.63) is 71.3 Å². The van der Waals surface area contributed by atoms with Crippen molar-refractivity contribution in [2.45, 2.75) is 104 Å². The van der Waals surface area contributed by atoms with E-state index in [2.05, 4.69) is 39.2 Å². The first-order valence-electron chi connectivity index (χ1n) is 13.5. The van der Waals surface area contributed by atoms with E-state index < -0.39 is 44.0 Å². The summed E-state index contributed by atoms with van der Waals surface area (Å²) in [7, 11) is -2.33. The van der Waals surface area contributed by atoms with Crippen molar-refractivity contribution >= 4 is 20.4 Å². The van der Waals surface area contributed by atoms with E-state index in [1.165, 1.54) is 0 Å². The summed E-state index contributed by atoms with van der Waals surface area (Å²) in [5.74, 6) is -1.55. The third kappa shape index (κ3) is 10.3. The number of alkyl carbamates (subject to hydrolysis) is 1. The van der Waals surface area contributed by atoms with Gasteiger partial charge in [0.25, 0.3) is 0 Å². The fourth-order valence-corrected chi connectivity index (χ4v) is 5.50. The highest BCUT2D eigenvalue weighted by Crippen LogP contribution is 2.39. The topological polar surface area (TPSA) is 84.9 Å². The summed E-state index contributed by atoms with van der Waals surface area (Å²) in [6.45, 7) is 18.3. The molecule has 38 heavy (non-hydrogen) atoms. The Labute approximate surface area is 230 Å². The number of carbonyl (C=O) groups is 2. The Morgan fingerprint density at radius 2 is 1.53 bits per heavy atom. The van der Waals surface area contributed by atoms with Gasteiger partial charge in [-0.05, 0) is 76.2 Å². The molecule has 0 aliphatic rings. The van der Waals surface area contributed by atoms with E-state index in [1.54, 1.807) is 0 Å². The van der Waals surface area contributed by atoms with Crippen molar-refractivity contribution in [1.82, 2.24) is 5.32 Å². The largest absolute Gasteiger partial charge is 0.481 e. The molecule has 210 valence electrons. The van der Waals surface area contributed by atoms with E-state index in [1.807, 2.05) is 82.3 Å². The molecule has 2 rings (SSSR count). The van der Waals surface area contributed by atoms with Crippen LogP contribution in [0.1, 0.15) is 64.7 Å². The van der Waals surface area contributed by atoms with E-state index in [0.29, 0.717) is 12.8 Å². The Hall–Kier alpha value is -2.64. The number of hydrogen-bond acceptors (Lipinski definition) is 4. The van der Waals surface area contributed by atoms with Crippen LogP contribution in [0.5, 0.6) is 0 Å². The summed E-state index contributed by atoms with van der Waals surface area (Å²) in [5, 5.41) is 13.2. The maximum atomic E-state index is 13.0. The van der Waals surface area contributed by atoms with Crippen LogP contribution in [-0.2, 0) is 26.8 Å². The van der Waals surface area contributed by atoms with Gasteiger partial charge in [-0.2, -0.15) is 0 Å². The van der Waals surface area contributed by atoms with Gasteiger partial charge in [0, 0.05) is 0 Å². The quantitative estimate of drug-likeness (QED) is 0.295. The van der Waals surface area contributed by atoms with Crippen molar-refractivity contribution in [1.29, 1.82) is 0 Å². The summed E-state index contributed by atoms with van der Waals surface area (Å²) in [6.07, 6.45) is 0.0975. The SMILES string of the molecule is Cc1cccc(CC(CC(O[Si](C)(C)C(C)(C)C)C(Cc2ccccc2)NC(=O)OC(C)(C)C)C(=O)O)c1. The maximum Gasteiger partial charge on any atom is 0.407 e. The predicted octanol–water partition coefficient (Wildman–Crippen LogP) is 7.15. The van der Waals surface area contributed by atoms with Crippen molar-refractivity contribution in [2.24, 2.45) is 5.92 Å². The van der Waals surface area contributed by atoms with Crippen LogP contribution in [0.15, 0.2) is 54.6 Å². The van der Waals surface area contributed by atoms with Gasteiger partial charge in [-0.3, -0.25) is 4.79 Å². The average molecular weight is 542 g/mol. The minimum atomic E-state index is -2.33. The fraction of sp³-hybridized carbons (Fsp3) is 0.548. The molecule has 6 nitrogen and oxygen atoms in total.